The Kier molecular flexibility index (Phi) is 2.57. The van der Waals surface area contributed by atoms with Crippen LogP contribution in [-0.2, 0) is 6.42 Å². The van der Waals surface area contributed by atoms with E-state index in [1.165, 1.54) is 12.1 Å². The Bertz CT molecular complexity index is 533. The van der Waals surface area contributed by atoms with Crippen LogP contribution in [0.1, 0.15) is 12.7 Å². The second kappa shape index (κ2) is 3.90. The summed E-state index contributed by atoms with van der Waals surface area (Å²) in [7, 11) is 0. The molecule has 2 rings (SSSR count). The zero-order valence-electron chi connectivity index (χ0n) is 8.67. The van der Waals surface area contributed by atoms with E-state index >= 15 is 0 Å². The fourth-order valence-electron chi connectivity index (χ4n) is 1.54. The number of aromatic nitrogens is 2. The first-order valence-electron chi connectivity index (χ1n) is 4.87. The summed E-state index contributed by atoms with van der Waals surface area (Å²) < 4.78 is 0. The molecule has 0 spiro atoms. The second-order valence-corrected chi connectivity index (χ2v) is 3.70. The summed E-state index contributed by atoms with van der Waals surface area (Å²) in [6.45, 7) is 1.66. The van der Waals surface area contributed by atoms with Crippen LogP contribution in [0.25, 0.3) is 11.0 Å². The number of rotatable bonds is 3. The summed E-state index contributed by atoms with van der Waals surface area (Å²) in [6, 6.07) is 4.44. The number of aliphatic hydroxyl groups excluding tert-OH is 1. The van der Waals surface area contributed by atoms with E-state index in [4.69, 9.17) is 0 Å². The van der Waals surface area contributed by atoms with Crippen molar-refractivity contribution in [2.75, 3.05) is 0 Å². The van der Waals surface area contributed by atoms with Crippen LogP contribution in [-0.4, -0.2) is 26.1 Å². The van der Waals surface area contributed by atoms with Crippen molar-refractivity contribution in [2.45, 2.75) is 19.4 Å². The van der Waals surface area contributed by atoms with Gasteiger partial charge in [0, 0.05) is 18.6 Å². The summed E-state index contributed by atoms with van der Waals surface area (Å²) in [5.41, 5.74) is 1.31. The lowest BCUT2D eigenvalue weighted by Gasteiger charge is -1.97. The van der Waals surface area contributed by atoms with Crippen LogP contribution < -0.4 is 0 Å². The molecule has 1 aromatic heterocycles. The molecule has 16 heavy (non-hydrogen) atoms. The van der Waals surface area contributed by atoms with E-state index in [9.17, 15) is 15.2 Å². The third-order valence-electron chi connectivity index (χ3n) is 2.21. The molecule has 1 heterocycles. The third-order valence-corrected chi connectivity index (χ3v) is 2.21. The zero-order chi connectivity index (χ0) is 11.7. The molecule has 0 radical (unpaired) electrons. The molecular formula is C10H11N3O3. The van der Waals surface area contributed by atoms with E-state index in [0.29, 0.717) is 23.3 Å². The normalized spacial score (nSPS) is 12.9. The van der Waals surface area contributed by atoms with Crippen molar-refractivity contribution in [2.24, 2.45) is 0 Å². The predicted octanol–water partition coefficient (Wildman–Crippen LogP) is 1.39. The number of aromatic amines is 1. The summed E-state index contributed by atoms with van der Waals surface area (Å²) in [5.74, 6) is 0.630. The van der Waals surface area contributed by atoms with E-state index in [0.717, 1.165) is 0 Å². The van der Waals surface area contributed by atoms with Crippen molar-refractivity contribution < 1.29 is 10.0 Å². The van der Waals surface area contributed by atoms with Crippen molar-refractivity contribution in [3.63, 3.8) is 0 Å². The average molecular weight is 221 g/mol. The molecule has 0 aliphatic rings. The predicted molar refractivity (Wildman–Crippen MR) is 58.1 cm³/mol. The molecule has 84 valence electrons. The first kappa shape index (κ1) is 10.6. The summed E-state index contributed by atoms with van der Waals surface area (Å²) >= 11 is 0. The summed E-state index contributed by atoms with van der Waals surface area (Å²) in [4.78, 5) is 17.3. The van der Waals surface area contributed by atoms with Gasteiger partial charge in [0.1, 0.15) is 5.82 Å². The van der Waals surface area contributed by atoms with E-state index in [2.05, 4.69) is 9.97 Å². The van der Waals surface area contributed by atoms with Crippen LogP contribution in [0.3, 0.4) is 0 Å². The SMILES string of the molecule is CC(O)Cc1nc2ccc([N+](=O)[O-])cc2[nH]1. The number of non-ortho nitro benzene ring substituents is 1. The minimum Gasteiger partial charge on any atom is -0.393 e. The number of hydrogen-bond donors (Lipinski definition) is 2. The monoisotopic (exact) mass is 221 g/mol. The van der Waals surface area contributed by atoms with Crippen LogP contribution in [0.5, 0.6) is 0 Å². The average Bonchev–Trinajstić information content (AvgIpc) is 2.56. The number of imidazole rings is 1. The highest BCUT2D eigenvalue weighted by Crippen LogP contribution is 2.19. The van der Waals surface area contributed by atoms with Gasteiger partial charge in [-0.05, 0) is 13.0 Å². The molecule has 0 saturated heterocycles. The maximum atomic E-state index is 10.6. The molecule has 0 aliphatic carbocycles. The fraction of sp³-hybridized carbons (Fsp3) is 0.300. The molecule has 0 bridgehead atoms. The highest BCUT2D eigenvalue weighted by molar-refractivity contribution is 5.77. The first-order valence-corrected chi connectivity index (χ1v) is 4.87. The van der Waals surface area contributed by atoms with Crippen LogP contribution in [0.2, 0.25) is 0 Å². The minimum atomic E-state index is -0.490. The van der Waals surface area contributed by atoms with Crippen LogP contribution in [0.4, 0.5) is 5.69 Å². The van der Waals surface area contributed by atoms with Gasteiger partial charge in [0.15, 0.2) is 0 Å². The van der Waals surface area contributed by atoms with Crippen molar-refractivity contribution in [3.8, 4) is 0 Å². The lowest BCUT2D eigenvalue weighted by Crippen LogP contribution is -2.05. The smallest absolute Gasteiger partial charge is 0.271 e. The van der Waals surface area contributed by atoms with E-state index in [1.54, 1.807) is 13.0 Å². The Labute approximate surface area is 91.1 Å². The van der Waals surface area contributed by atoms with Gasteiger partial charge in [-0.25, -0.2) is 4.98 Å². The molecule has 1 aromatic carbocycles. The largest absolute Gasteiger partial charge is 0.393 e. The van der Waals surface area contributed by atoms with E-state index in [-0.39, 0.29) is 5.69 Å². The maximum absolute atomic E-state index is 10.6. The molecule has 1 atom stereocenters. The van der Waals surface area contributed by atoms with Gasteiger partial charge in [0.25, 0.3) is 5.69 Å². The van der Waals surface area contributed by atoms with Gasteiger partial charge in [-0.2, -0.15) is 0 Å². The van der Waals surface area contributed by atoms with Gasteiger partial charge in [0.05, 0.1) is 22.1 Å². The van der Waals surface area contributed by atoms with Crippen molar-refractivity contribution in [1.29, 1.82) is 0 Å². The number of nitro benzene ring substituents is 1. The number of hydrogen-bond acceptors (Lipinski definition) is 4. The number of nitrogens with zero attached hydrogens (tertiary/aromatic N) is 2. The Morgan fingerprint density at radius 1 is 1.62 bits per heavy atom. The topological polar surface area (TPSA) is 92.1 Å². The molecule has 0 fully saturated rings. The molecule has 2 aromatic rings. The fourth-order valence-corrected chi connectivity index (χ4v) is 1.54. The Balaban J connectivity index is 2.42. The van der Waals surface area contributed by atoms with Crippen molar-refractivity contribution in [1.82, 2.24) is 9.97 Å². The zero-order valence-corrected chi connectivity index (χ0v) is 8.67. The number of benzene rings is 1. The Hall–Kier alpha value is -1.95. The molecule has 6 heteroatoms. The van der Waals surface area contributed by atoms with Crippen molar-refractivity contribution in [3.05, 3.63) is 34.1 Å². The van der Waals surface area contributed by atoms with E-state index < -0.39 is 11.0 Å². The van der Waals surface area contributed by atoms with Gasteiger partial charge in [-0.15, -0.1) is 0 Å². The highest BCUT2D eigenvalue weighted by Gasteiger charge is 2.10. The minimum absolute atomic E-state index is 0.0275. The van der Waals surface area contributed by atoms with Crippen LogP contribution in [0, 0.1) is 10.1 Å². The van der Waals surface area contributed by atoms with Gasteiger partial charge >= 0.3 is 0 Å². The van der Waals surface area contributed by atoms with Gasteiger partial charge in [0.2, 0.25) is 0 Å². The number of fused-ring (bicyclic) bond motifs is 1. The number of aliphatic hydroxyl groups is 1. The number of nitrogens with one attached hydrogen (secondary N) is 1. The Morgan fingerprint density at radius 3 is 3.00 bits per heavy atom. The molecule has 0 saturated carbocycles. The summed E-state index contributed by atoms with van der Waals surface area (Å²) in [6.07, 6.45) is -0.0850. The molecular weight excluding hydrogens is 210 g/mol. The molecule has 6 nitrogen and oxygen atoms in total. The molecule has 0 amide bonds. The third kappa shape index (κ3) is 2.01. The number of H-pyrrole nitrogens is 1. The van der Waals surface area contributed by atoms with Crippen LogP contribution in [0.15, 0.2) is 18.2 Å². The lowest BCUT2D eigenvalue weighted by atomic mass is 10.3. The standard InChI is InChI=1S/C10H11N3O3/c1-6(14)4-10-11-8-3-2-7(13(15)16)5-9(8)12-10/h2-3,5-6,14H,4H2,1H3,(H,11,12). The van der Waals surface area contributed by atoms with E-state index in [1.807, 2.05) is 0 Å². The lowest BCUT2D eigenvalue weighted by molar-refractivity contribution is -0.384. The van der Waals surface area contributed by atoms with Gasteiger partial charge in [-0.1, -0.05) is 0 Å². The quantitative estimate of drug-likeness (QED) is 0.605. The summed E-state index contributed by atoms with van der Waals surface area (Å²) in [5, 5.41) is 19.8. The van der Waals surface area contributed by atoms with Crippen molar-refractivity contribution >= 4 is 16.7 Å². The van der Waals surface area contributed by atoms with Gasteiger partial charge in [-0.3, -0.25) is 10.1 Å². The number of nitro groups is 1. The second-order valence-electron chi connectivity index (χ2n) is 3.70. The first-order chi connectivity index (χ1) is 7.56. The highest BCUT2D eigenvalue weighted by atomic mass is 16.6. The van der Waals surface area contributed by atoms with Crippen LogP contribution >= 0.6 is 0 Å². The molecule has 2 N–H and O–H groups in total. The van der Waals surface area contributed by atoms with Gasteiger partial charge < -0.3 is 10.1 Å². The molecule has 1 unspecified atom stereocenters. The maximum Gasteiger partial charge on any atom is 0.271 e. The molecule has 0 aliphatic heterocycles. The Morgan fingerprint density at radius 2 is 2.38 bits per heavy atom.